The zero-order valence-corrected chi connectivity index (χ0v) is 16.5. The first-order chi connectivity index (χ1) is 14.0. The van der Waals surface area contributed by atoms with Gasteiger partial charge in [0.25, 0.3) is 5.91 Å². The number of benzene rings is 1. The van der Waals surface area contributed by atoms with Crippen molar-refractivity contribution in [1.29, 1.82) is 0 Å². The van der Waals surface area contributed by atoms with Gasteiger partial charge in [-0.2, -0.15) is 13.2 Å². The van der Waals surface area contributed by atoms with E-state index in [1.54, 1.807) is 13.1 Å². The van der Waals surface area contributed by atoms with E-state index in [0.717, 1.165) is 17.3 Å². The number of nitrogens with one attached hydrogen (secondary N) is 1. The van der Waals surface area contributed by atoms with Gasteiger partial charge in [-0.05, 0) is 32.0 Å². The van der Waals surface area contributed by atoms with Crippen molar-refractivity contribution in [2.75, 3.05) is 0 Å². The molecule has 1 aromatic carbocycles. The molecule has 2 heterocycles. The lowest BCUT2D eigenvalue weighted by Gasteiger charge is -2.15. The lowest BCUT2D eigenvalue weighted by molar-refractivity contribution is -0.145. The van der Waals surface area contributed by atoms with Gasteiger partial charge in [-0.25, -0.2) is 19.7 Å². The van der Waals surface area contributed by atoms with E-state index < -0.39 is 29.9 Å². The molecule has 0 saturated heterocycles. The fourth-order valence-electron chi connectivity index (χ4n) is 2.57. The molecule has 1 amide bonds. The summed E-state index contributed by atoms with van der Waals surface area (Å²) in [5, 5.41) is 12.5. The number of aromatic nitrogens is 3. The van der Waals surface area contributed by atoms with Crippen molar-refractivity contribution in [3.63, 3.8) is 0 Å². The number of alkyl halides is 3. The molecular formula is C19H15F3N4O3S. The molecule has 156 valence electrons. The molecule has 2 aromatic heterocycles. The van der Waals surface area contributed by atoms with Crippen LogP contribution in [0.5, 0.6) is 0 Å². The Hall–Kier alpha value is -3.34. The van der Waals surface area contributed by atoms with Gasteiger partial charge in [0.15, 0.2) is 0 Å². The van der Waals surface area contributed by atoms with Gasteiger partial charge in [0.1, 0.15) is 5.01 Å². The Labute approximate surface area is 172 Å². The van der Waals surface area contributed by atoms with Crippen molar-refractivity contribution in [3.8, 4) is 10.6 Å². The lowest BCUT2D eigenvalue weighted by atomic mass is 10.0. The fraction of sp³-hybridized carbons (Fsp3) is 0.211. The molecule has 0 aliphatic heterocycles. The van der Waals surface area contributed by atoms with Gasteiger partial charge < -0.3 is 10.4 Å². The molecule has 11 heteroatoms. The molecule has 0 spiro atoms. The van der Waals surface area contributed by atoms with Gasteiger partial charge in [0.2, 0.25) is 5.82 Å². The molecule has 1 atom stereocenters. The predicted octanol–water partition coefficient (Wildman–Crippen LogP) is 4.12. The Balaban J connectivity index is 1.85. The van der Waals surface area contributed by atoms with Gasteiger partial charge in [0, 0.05) is 40.2 Å². The van der Waals surface area contributed by atoms with Crippen LogP contribution in [0.15, 0.2) is 36.8 Å². The summed E-state index contributed by atoms with van der Waals surface area (Å²) in [5.74, 6) is -3.08. The number of amides is 1. The number of aromatic carboxylic acids is 1. The summed E-state index contributed by atoms with van der Waals surface area (Å²) < 4.78 is 37.8. The minimum absolute atomic E-state index is 0.0810. The first-order valence-corrected chi connectivity index (χ1v) is 9.37. The van der Waals surface area contributed by atoms with E-state index in [9.17, 15) is 27.9 Å². The van der Waals surface area contributed by atoms with Gasteiger partial charge in [0.05, 0.1) is 11.6 Å². The first kappa shape index (κ1) is 21.4. The number of carbonyl (C=O) groups is 2. The summed E-state index contributed by atoms with van der Waals surface area (Å²) in [6, 6.07) is 3.44. The van der Waals surface area contributed by atoms with E-state index in [1.165, 1.54) is 29.5 Å². The third-order valence-corrected chi connectivity index (χ3v) is 5.05. The summed E-state index contributed by atoms with van der Waals surface area (Å²) in [6.45, 7) is 3.40. The van der Waals surface area contributed by atoms with E-state index in [4.69, 9.17) is 0 Å². The van der Waals surface area contributed by atoms with Crippen LogP contribution in [0.4, 0.5) is 13.2 Å². The Kier molecular flexibility index (Phi) is 5.83. The Bertz CT molecular complexity index is 1100. The van der Waals surface area contributed by atoms with Crippen molar-refractivity contribution >= 4 is 23.2 Å². The van der Waals surface area contributed by atoms with Gasteiger partial charge in [-0.1, -0.05) is 0 Å². The highest BCUT2D eigenvalue weighted by molar-refractivity contribution is 7.14. The second-order valence-electron chi connectivity index (χ2n) is 6.41. The summed E-state index contributed by atoms with van der Waals surface area (Å²) in [5.41, 5.74) is 0.735. The molecule has 0 fully saturated rings. The van der Waals surface area contributed by atoms with Crippen LogP contribution in [0.25, 0.3) is 10.6 Å². The minimum Gasteiger partial charge on any atom is -0.478 e. The molecule has 3 aromatic rings. The summed E-state index contributed by atoms with van der Waals surface area (Å²) >= 11 is 1.35. The highest BCUT2D eigenvalue weighted by Crippen LogP contribution is 2.28. The number of carboxylic acids is 1. The quantitative estimate of drug-likeness (QED) is 0.624. The molecule has 0 radical (unpaired) electrons. The van der Waals surface area contributed by atoms with Crippen LogP contribution in [0.1, 0.15) is 49.9 Å². The fourth-order valence-corrected chi connectivity index (χ4v) is 3.32. The van der Waals surface area contributed by atoms with Gasteiger partial charge in [-0.15, -0.1) is 11.3 Å². The Morgan fingerprint density at radius 1 is 1.07 bits per heavy atom. The summed E-state index contributed by atoms with van der Waals surface area (Å²) in [7, 11) is 0. The maximum atomic E-state index is 12.7. The van der Waals surface area contributed by atoms with Crippen molar-refractivity contribution < 1.29 is 27.9 Å². The largest absolute Gasteiger partial charge is 0.478 e. The summed E-state index contributed by atoms with van der Waals surface area (Å²) in [6.07, 6.45) is -1.05. The van der Waals surface area contributed by atoms with Crippen LogP contribution in [-0.2, 0) is 6.18 Å². The number of aryl methyl sites for hydroxylation is 1. The van der Waals surface area contributed by atoms with E-state index >= 15 is 0 Å². The zero-order chi connectivity index (χ0) is 22.1. The van der Waals surface area contributed by atoms with Crippen LogP contribution in [0, 0.1) is 6.92 Å². The molecule has 30 heavy (non-hydrogen) atoms. The van der Waals surface area contributed by atoms with E-state index in [-0.39, 0.29) is 16.7 Å². The van der Waals surface area contributed by atoms with Gasteiger partial charge >= 0.3 is 12.1 Å². The number of halogens is 3. The number of nitrogens with zero attached hydrogens (tertiary/aromatic N) is 3. The average molecular weight is 436 g/mol. The van der Waals surface area contributed by atoms with Crippen LogP contribution >= 0.6 is 11.3 Å². The second kappa shape index (κ2) is 8.19. The highest BCUT2D eigenvalue weighted by Gasteiger charge is 2.34. The van der Waals surface area contributed by atoms with Crippen LogP contribution in [0.2, 0.25) is 0 Å². The Morgan fingerprint density at radius 3 is 2.23 bits per heavy atom. The number of thiazole rings is 1. The average Bonchev–Trinajstić information content (AvgIpc) is 3.13. The molecule has 2 N–H and O–H groups in total. The minimum atomic E-state index is -4.66. The predicted molar refractivity (Wildman–Crippen MR) is 102 cm³/mol. The zero-order valence-electron chi connectivity index (χ0n) is 15.7. The molecule has 0 bridgehead atoms. The number of carbonyl (C=O) groups excluding carboxylic acids is 1. The standard InChI is InChI=1S/C19H15F3N4O3S/c1-9-6-23-16(30-9)12-3-11(4-13(5-12)17(28)29)15(27)26-10(2)14-7-24-18(25-8-14)19(20,21)22/h3-8,10H,1-2H3,(H,26,27)(H,28,29). The maximum Gasteiger partial charge on any atom is 0.451 e. The third kappa shape index (κ3) is 4.79. The molecule has 0 saturated carbocycles. The smallest absolute Gasteiger partial charge is 0.451 e. The maximum absolute atomic E-state index is 12.7. The number of rotatable bonds is 5. The van der Waals surface area contributed by atoms with E-state index in [2.05, 4.69) is 20.3 Å². The van der Waals surface area contributed by atoms with Gasteiger partial charge in [-0.3, -0.25) is 4.79 Å². The third-order valence-electron chi connectivity index (χ3n) is 4.08. The Morgan fingerprint density at radius 2 is 1.70 bits per heavy atom. The van der Waals surface area contributed by atoms with E-state index in [1.807, 2.05) is 6.92 Å². The van der Waals surface area contributed by atoms with Crippen molar-refractivity contribution in [2.45, 2.75) is 26.1 Å². The second-order valence-corrected chi connectivity index (χ2v) is 7.65. The van der Waals surface area contributed by atoms with Crippen LogP contribution in [0.3, 0.4) is 0 Å². The monoisotopic (exact) mass is 436 g/mol. The number of hydrogen-bond acceptors (Lipinski definition) is 6. The first-order valence-electron chi connectivity index (χ1n) is 8.56. The lowest BCUT2D eigenvalue weighted by Crippen LogP contribution is -2.27. The molecule has 7 nitrogen and oxygen atoms in total. The number of carboxylic acid groups (broad SMARTS) is 1. The normalized spacial score (nSPS) is 12.4. The van der Waals surface area contributed by atoms with Crippen LogP contribution < -0.4 is 5.32 Å². The van der Waals surface area contributed by atoms with Crippen molar-refractivity contribution in [1.82, 2.24) is 20.3 Å². The SMILES string of the molecule is Cc1cnc(-c2cc(C(=O)O)cc(C(=O)NC(C)c3cnc(C(F)(F)F)nc3)c2)s1. The molecular weight excluding hydrogens is 421 g/mol. The highest BCUT2D eigenvalue weighted by atomic mass is 32.1. The molecule has 3 rings (SSSR count). The summed E-state index contributed by atoms with van der Waals surface area (Å²) in [4.78, 5) is 35.8. The van der Waals surface area contributed by atoms with Crippen molar-refractivity contribution in [2.24, 2.45) is 0 Å². The topological polar surface area (TPSA) is 105 Å². The molecule has 1 unspecified atom stereocenters. The molecule has 0 aliphatic carbocycles. The van der Waals surface area contributed by atoms with Crippen molar-refractivity contribution in [3.05, 3.63) is 64.2 Å². The van der Waals surface area contributed by atoms with E-state index in [0.29, 0.717) is 10.6 Å². The number of hydrogen-bond donors (Lipinski definition) is 2. The van der Waals surface area contributed by atoms with Crippen LogP contribution in [-0.4, -0.2) is 31.9 Å². The molecule has 0 aliphatic rings.